The van der Waals surface area contributed by atoms with Gasteiger partial charge >= 0.3 is 0 Å². The summed E-state index contributed by atoms with van der Waals surface area (Å²) in [6.07, 6.45) is 0.724. The van der Waals surface area contributed by atoms with Crippen LogP contribution in [0.4, 0.5) is 5.69 Å². The Balaban J connectivity index is 2.10. The summed E-state index contributed by atoms with van der Waals surface area (Å²) in [5, 5.41) is 5.59. The van der Waals surface area contributed by atoms with Gasteiger partial charge < -0.3 is 32.7 Å². The third-order valence-electron chi connectivity index (χ3n) is 5.43. The summed E-state index contributed by atoms with van der Waals surface area (Å²) >= 11 is 0. The molecule has 190 valence electrons. The predicted molar refractivity (Wildman–Crippen MR) is 136 cm³/mol. The molecule has 2 atom stereocenters. The maximum atomic E-state index is 13.1. The largest absolute Gasteiger partial charge is 0.343 e. The molecule has 1 heterocycles. The van der Waals surface area contributed by atoms with Gasteiger partial charge in [-0.2, -0.15) is 0 Å². The average Bonchev–Trinajstić information content (AvgIpc) is 2.81. The average molecular weight is 484 g/mol. The summed E-state index contributed by atoms with van der Waals surface area (Å²) in [5.41, 5.74) is 20.3. The number of nitrogens with two attached hydrogens (primary N) is 3. The van der Waals surface area contributed by atoms with Gasteiger partial charge in [0, 0.05) is 43.3 Å². The van der Waals surface area contributed by atoms with Crippen molar-refractivity contribution in [2.45, 2.75) is 45.2 Å². The highest BCUT2D eigenvalue weighted by Crippen LogP contribution is 2.13. The Hall–Kier alpha value is -3.34. The minimum atomic E-state index is -1.11. The second-order valence-corrected chi connectivity index (χ2v) is 8.48. The Labute approximate surface area is 206 Å². The van der Waals surface area contributed by atoms with Crippen LogP contribution in [-0.2, 0) is 20.8 Å². The molecule has 2 unspecified atom stereocenters. The summed E-state index contributed by atoms with van der Waals surface area (Å²) in [4.78, 5) is 44.3. The molecule has 0 aliphatic carbocycles. The van der Waals surface area contributed by atoms with E-state index in [0.717, 1.165) is 17.0 Å². The first kappa shape index (κ1) is 27.9. The van der Waals surface area contributed by atoms with Gasteiger partial charge in [0.05, 0.1) is 12.5 Å². The van der Waals surface area contributed by atoms with Crippen molar-refractivity contribution in [1.29, 1.82) is 0 Å². The molecule has 2 aromatic rings. The van der Waals surface area contributed by atoms with Gasteiger partial charge in [-0.1, -0.05) is 30.3 Å². The zero-order valence-electron chi connectivity index (χ0n) is 20.5. The van der Waals surface area contributed by atoms with Crippen LogP contribution in [0.2, 0.25) is 0 Å². The minimum Gasteiger partial charge on any atom is -0.343 e. The molecular weight excluding hydrogens is 446 g/mol. The molecule has 0 saturated heterocycles. The lowest BCUT2D eigenvalue weighted by Crippen LogP contribution is -2.52. The molecule has 10 nitrogen and oxygen atoms in total. The summed E-state index contributed by atoms with van der Waals surface area (Å²) in [7, 11) is 0. The number of pyridine rings is 1. The second-order valence-electron chi connectivity index (χ2n) is 8.48. The molecule has 0 spiro atoms. The summed E-state index contributed by atoms with van der Waals surface area (Å²) < 4.78 is 0. The molecule has 35 heavy (non-hydrogen) atoms. The predicted octanol–water partition coefficient (Wildman–Crippen LogP) is 0.218. The molecule has 0 bridgehead atoms. The van der Waals surface area contributed by atoms with E-state index in [1.165, 1.54) is 4.90 Å². The van der Waals surface area contributed by atoms with E-state index in [0.29, 0.717) is 31.6 Å². The standard InChI is InChI=1S/C25H37N7O3/c1-17-14-20(15-18(2)29-17)30-25(35)22(9-8-19-6-4-3-5-7-19)31-24(34)21(28)16-23(33)32(12-10-26)13-11-27/h3-7,14-15,21-22H,8-13,16,26-28H2,1-2H3,(H,31,34)(H,29,30,35). The van der Waals surface area contributed by atoms with Crippen molar-refractivity contribution in [3.8, 4) is 0 Å². The normalized spacial score (nSPS) is 12.5. The molecule has 1 aromatic heterocycles. The van der Waals surface area contributed by atoms with E-state index >= 15 is 0 Å². The van der Waals surface area contributed by atoms with Gasteiger partial charge in [-0.15, -0.1) is 0 Å². The van der Waals surface area contributed by atoms with E-state index in [2.05, 4.69) is 15.6 Å². The van der Waals surface area contributed by atoms with Gasteiger partial charge in [0.1, 0.15) is 6.04 Å². The first-order valence-electron chi connectivity index (χ1n) is 11.8. The van der Waals surface area contributed by atoms with Crippen LogP contribution in [0.3, 0.4) is 0 Å². The van der Waals surface area contributed by atoms with Crippen LogP contribution in [0.1, 0.15) is 29.8 Å². The summed E-state index contributed by atoms with van der Waals surface area (Å²) in [6, 6.07) is 11.2. The maximum Gasteiger partial charge on any atom is 0.246 e. The van der Waals surface area contributed by atoms with Crippen molar-refractivity contribution in [2.24, 2.45) is 17.2 Å². The SMILES string of the molecule is Cc1cc(NC(=O)C(CCc2ccccc2)NC(=O)C(N)CC(=O)N(CCN)CCN)cc(C)n1. The first-order chi connectivity index (χ1) is 16.7. The Morgan fingerprint density at radius 3 is 2.14 bits per heavy atom. The molecule has 1 aromatic carbocycles. The summed E-state index contributed by atoms with van der Waals surface area (Å²) in [5.74, 6) is -1.25. The number of aryl methyl sites for hydroxylation is 3. The van der Waals surface area contributed by atoms with E-state index in [1.54, 1.807) is 12.1 Å². The van der Waals surface area contributed by atoms with Gasteiger partial charge in [-0.05, 0) is 44.4 Å². The van der Waals surface area contributed by atoms with Crippen molar-refractivity contribution < 1.29 is 14.4 Å². The quantitative estimate of drug-likeness (QED) is 0.271. The Morgan fingerprint density at radius 2 is 1.57 bits per heavy atom. The second kappa shape index (κ2) is 14.1. The number of carbonyl (C=O) groups is 3. The Kier molecular flexibility index (Phi) is 11.3. The number of benzene rings is 1. The number of nitrogens with zero attached hydrogens (tertiary/aromatic N) is 2. The van der Waals surface area contributed by atoms with E-state index < -0.39 is 18.0 Å². The molecule has 0 fully saturated rings. The Morgan fingerprint density at radius 1 is 0.971 bits per heavy atom. The van der Waals surface area contributed by atoms with Gasteiger partial charge in [-0.3, -0.25) is 19.4 Å². The molecule has 0 radical (unpaired) electrons. The van der Waals surface area contributed by atoms with Crippen molar-refractivity contribution in [1.82, 2.24) is 15.2 Å². The van der Waals surface area contributed by atoms with Crippen LogP contribution >= 0.6 is 0 Å². The lowest BCUT2D eigenvalue weighted by atomic mass is 10.0. The maximum absolute atomic E-state index is 13.1. The van der Waals surface area contributed by atoms with Crippen LogP contribution in [0.15, 0.2) is 42.5 Å². The fraction of sp³-hybridized carbons (Fsp3) is 0.440. The number of rotatable bonds is 13. The van der Waals surface area contributed by atoms with Gasteiger partial charge in [-0.25, -0.2) is 0 Å². The number of amides is 3. The number of hydrogen-bond acceptors (Lipinski definition) is 7. The molecule has 0 aliphatic rings. The minimum absolute atomic E-state index is 0.207. The zero-order chi connectivity index (χ0) is 25.8. The van der Waals surface area contributed by atoms with E-state index in [9.17, 15) is 14.4 Å². The van der Waals surface area contributed by atoms with Crippen LogP contribution in [0.25, 0.3) is 0 Å². The lowest BCUT2D eigenvalue weighted by molar-refractivity contribution is -0.134. The fourth-order valence-electron chi connectivity index (χ4n) is 3.72. The lowest BCUT2D eigenvalue weighted by Gasteiger charge is -2.24. The molecule has 2 rings (SSSR count). The highest BCUT2D eigenvalue weighted by molar-refractivity contribution is 5.98. The molecule has 8 N–H and O–H groups in total. The van der Waals surface area contributed by atoms with E-state index in [1.807, 2.05) is 44.2 Å². The van der Waals surface area contributed by atoms with Crippen LogP contribution in [0.5, 0.6) is 0 Å². The van der Waals surface area contributed by atoms with Crippen molar-refractivity contribution >= 4 is 23.4 Å². The number of aromatic nitrogens is 1. The monoisotopic (exact) mass is 483 g/mol. The zero-order valence-corrected chi connectivity index (χ0v) is 20.5. The van der Waals surface area contributed by atoms with Crippen LogP contribution in [0, 0.1) is 13.8 Å². The highest BCUT2D eigenvalue weighted by Gasteiger charge is 2.26. The summed E-state index contributed by atoms with van der Waals surface area (Å²) in [6.45, 7) is 4.90. The van der Waals surface area contributed by atoms with Crippen molar-refractivity contribution in [2.75, 3.05) is 31.5 Å². The topological polar surface area (TPSA) is 169 Å². The number of hydrogen-bond donors (Lipinski definition) is 5. The Bertz CT molecular complexity index is 958. The molecule has 3 amide bonds. The van der Waals surface area contributed by atoms with Crippen LogP contribution in [-0.4, -0.2) is 65.9 Å². The smallest absolute Gasteiger partial charge is 0.246 e. The molecular formula is C25H37N7O3. The van der Waals surface area contributed by atoms with Crippen molar-refractivity contribution in [3.05, 3.63) is 59.4 Å². The van der Waals surface area contributed by atoms with Crippen molar-refractivity contribution in [3.63, 3.8) is 0 Å². The van der Waals surface area contributed by atoms with E-state index in [4.69, 9.17) is 17.2 Å². The van der Waals surface area contributed by atoms with Gasteiger partial charge in [0.15, 0.2) is 0 Å². The molecule has 10 heteroatoms. The number of nitrogens with one attached hydrogen (secondary N) is 2. The third kappa shape index (κ3) is 9.44. The molecule has 0 saturated carbocycles. The number of carbonyl (C=O) groups excluding carboxylic acids is 3. The van der Waals surface area contributed by atoms with Gasteiger partial charge in [0.2, 0.25) is 17.7 Å². The first-order valence-corrected chi connectivity index (χ1v) is 11.8. The highest BCUT2D eigenvalue weighted by atomic mass is 16.2. The fourth-order valence-corrected chi connectivity index (χ4v) is 3.72. The number of anilines is 1. The van der Waals surface area contributed by atoms with E-state index in [-0.39, 0.29) is 31.3 Å². The van der Waals surface area contributed by atoms with Crippen LogP contribution < -0.4 is 27.8 Å². The third-order valence-corrected chi connectivity index (χ3v) is 5.43. The molecule has 0 aliphatic heterocycles. The van der Waals surface area contributed by atoms with Gasteiger partial charge in [0.25, 0.3) is 0 Å².